The molecule has 0 radical (unpaired) electrons. The number of ether oxygens (including phenoxy) is 2. The van der Waals surface area contributed by atoms with Crippen molar-refractivity contribution < 1.29 is 23.0 Å². The lowest BCUT2D eigenvalue weighted by atomic mass is 9.96. The molecular formula is C21H23ClF2N2O3S2. The Morgan fingerprint density at radius 1 is 1.23 bits per heavy atom. The second-order valence-electron chi connectivity index (χ2n) is 6.95. The molecule has 2 aromatic rings. The van der Waals surface area contributed by atoms with E-state index in [1.54, 1.807) is 6.92 Å². The van der Waals surface area contributed by atoms with Gasteiger partial charge < -0.3 is 20.1 Å². The van der Waals surface area contributed by atoms with Gasteiger partial charge in [0, 0.05) is 10.6 Å². The van der Waals surface area contributed by atoms with E-state index in [9.17, 15) is 13.6 Å². The van der Waals surface area contributed by atoms with Gasteiger partial charge in [0.15, 0.2) is 5.11 Å². The SMILES string of the molecule is CCOC(=O)c1c(NC(=S)Nc2ccc(OC(F)F)c(Cl)c2)sc2c1CCCCCC2. The van der Waals surface area contributed by atoms with Gasteiger partial charge in [-0.05, 0) is 68.6 Å². The summed E-state index contributed by atoms with van der Waals surface area (Å²) < 4.78 is 34.4. The number of nitrogens with one attached hydrogen (secondary N) is 2. The van der Waals surface area contributed by atoms with Gasteiger partial charge in [0.05, 0.1) is 17.2 Å². The zero-order chi connectivity index (χ0) is 22.4. The number of benzene rings is 1. The summed E-state index contributed by atoms with van der Waals surface area (Å²) in [5.41, 5.74) is 2.09. The standard InChI is InChI=1S/C21H23ClF2N2O3S2/c1-2-28-19(27)17-13-7-5-3-4-6-8-16(13)31-18(17)26-21(30)25-12-9-10-15(14(22)11-12)29-20(23)24/h9-11,20H,2-8H2,1H3,(H2,25,26,30). The van der Waals surface area contributed by atoms with Crippen molar-refractivity contribution in [2.45, 2.75) is 52.1 Å². The van der Waals surface area contributed by atoms with Crippen molar-refractivity contribution in [1.82, 2.24) is 0 Å². The van der Waals surface area contributed by atoms with E-state index in [-0.39, 0.29) is 28.5 Å². The van der Waals surface area contributed by atoms with E-state index < -0.39 is 6.61 Å². The zero-order valence-electron chi connectivity index (χ0n) is 16.9. The van der Waals surface area contributed by atoms with Crippen molar-refractivity contribution in [2.75, 3.05) is 17.2 Å². The Hall–Kier alpha value is -1.97. The number of hydrogen-bond donors (Lipinski definition) is 2. The average molecular weight is 489 g/mol. The van der Waals surface area contributed by atoms with Crippen LogP contribution in [0.4, 0.5) is 19.5 Å². The van der Waals surface area contributed by atoms with Gasteiger partial charge in [-0.25, -0.2) is 4.79 Å². The predicted octanol–water partition coefficient (Wildman–Crippen LogP) is 6.65. The second kappa shape index (κ2) is 11.1. The van der Waals surface area contributed by atoms with E-state index in [0.717, 1.165) is 37.7 Å². The van der Waals surface area contributed by atoms with Crippen molar-refractivity contribution >= 4 is 56.9 Å². The van der Waals surface area contributed by atoms with Crippen molar-refractivity contribution in [3.8, 4) is 5.75 Å². The maximum atomic E-state index is 12.7. The van der Waals surface area contributed by atoms with Gasteiger partial charge in [0.2, 0.25) is 0 Å². The first-order valence-corrected chi connectivity index (χ1v) is 11.6. The lowest BCUT2D eigenvalue weighted by Gasteiger charge is -2.13. The molecule has 1 aliphatic carbocycles. The molecule has 1 aromatic carbocycles. The molecule has 5 nitrogen and oxygen atoms in total. The van der Waals surface area contributed by atoms with E-state index in [4.69, 9.17) is 28.6 Å². The minimum Gasteiger partial charge on any atom is -0.462 e. The topological polar surface area (TPSA) is 59.6 Å². The maximum absolute atomic E-state index is 12.7. The minimum atomic E-state index is -2.96. The van der Waals surface area contributed by atoms with E-state index >= 15 is 0 Å². The van der Waals surface area contributed by atoms with E-state index in [1.165, 1.54) is 40.8 Å². The van der Waals surface area contributed by atoms with Crippen LogP contribution in [0, 0.1) is 0 Å². The number of rotatable bonds is 6. The largest absolute Gasteiger partial charge is 0.462 e. The molecule has 0 atom stereocenters. The number of anilines is 2. The molecule has 1 aromatic heterocycles. The number of halogens is 3. The summed E-state index contributed by atoms with van der Waals surface area (Å²) in [6, 6.07) is 4.30. The van der Waals surface area contributed by atoms with Crippen molar-refractivity contribution in [3.63, 3.8) is 0 Å². The summed E-state index contributed by atoms with van der Waals surface area (Å²) in [7, 11) is 0. The molecule has 0 aliphatic heterocycles. The normalized spacial score (nSPS) is 13.7. The number of alkyl halides is 2. The molecule has 1 heterocycles. The quantitative estimate of drug-likeness (QED) is 0.351. The summed E-state index contributed by atoms with van der Waals surface area (Å²) in [6.07, 6.45) is 6.21. The highest BCUT2D eigenvalue weighted by Gasteiger charge is 2.25. The smallest absolute Gasteiger partial charge is 0.387 e. The molecule has 2 N–H and O–H groups in total. The first kappa shape index (κ1) is 23.7. The van der Waals surface area contributed by atoms with Crippen LogP contribution in [-0.4, -0.2) is 24.3 Å². The highest BCUT2D eigenvalue weighted by molar-refractivity contribution is 7.80. The molecule has 0 spiro atoms. The molecule has 168 valence electrons. The lowest BCUT2D eigenvalue weighted by molar-refractivity contribution is -0.0497. The number of thiophene rings is 1. The van der Waals surface area contributed by atoms with Crippen LogP contribution in [0.25, 0.3) is 0 Å². The minimum absolute atomic E-state index is 0.0272. The third-order valence-electron chi connectivity index (χ3n) is 4.78. The van der Waals surface area contributed by atoms with Gasteiger partial charge in [0.25, 0.3) is 0 Å². The molecule has 0 amide bonds. The number of fused-ring (bicyclic) bond motifs is 1. The number of hydrogen-bond acceptors (Lipinski definition) is 5. The van der Waals surface area contributed by atoms with Gasteiger partial charge in [-0.3, -0.25) is 0 Å². The van der Waals surface area contributed by atoms with Crippen LogP contribution in [0.2, 0.25) is 5.02 Å². The predicted molar refractivity (Wildman–Crippen MR) is 124 cm³/mol. The van der Waals surface area contributed by atoms with E-state index in [1.807, 2.05) is 0 Å². The van der Waals surface area contributed by atoms with Crippen LogP contribution in [0.3, 0.4) is 0 Å². The fraction of sp³-hybridized carbons (Fsp3) is 0.429. The third-order valence-corrected chi connectivity index (χ3v) is 6.49. The monoisotopic (exact) mass is 488 g/mol. The Morgan fingerprint density at radius 2 is 1.97 bits per heavy atom. The average Bonchev–Trinajstić information content (AvgIpc) is 3.00. The molecule has 0 unspecified atom stereocenters. The van der Waals surface area contributed by atoms with Gasteiger partial charge in [0.1, 0.15) is 10.8 Å². The van der Waals surface area contributed by atoms with Gasteiger partial charge >= 0.3 is 12.6 Å². The Kier molecular flexibility index (Phi) is 8.45. The summed E-state index contributed by atoms with van der Waals surface area (Å²) in [5.74, 6) is -0.480. The van der Waals surface area contributed by atoms with Crippen molar-refractivity contribution in [1.29, 1.82) is 0 Å². The summed E-state index contributed by atoms with van der Waals surface area (Å²) in [5, 5.41) is 6.99. The lowest BCUT2D eigenvalue weighted by Crippen LogP contribution is -2.20. The molecule has 1 aliphatic rings. The maximum Gasteiger partial charge on any atom is 0.387 e. The van der Waals surface area contributed by atoms with Crippen LogP contribution in [-0.2, 0) is 17.6 Å². The Balaban J connectivity index is 1.79. The van der Waals surface area contributed by atoms with Gasteiger partial charge in [-0.2, -0.15) is 8.78 Å². The first-order valence-electron chi connectivity index (χ1n) is 10.0. The van der Waals surface area contributed by atoms with Crippen LogP contribution in [0.1, 0.15) is 53.4 Å². The second-order valence-corrected chi connectivity index (χ2v) is 8.87. The summed E-state index contributed by atoms with van der Waals surface area (Å²) in [6.45, 7) is -0.895. The third kappa shape index (κ3) is 6.27. The Bertz CT molecular complexity index is 953. The number of carbonyl (C=O) groups excluding carboxylic acids is 1. The number of aryl methyl sites for hydroxylation is 1. The van der Waals surface area contributed by atoms with Gasteiger partial charge in [-0.15, -0.1) is 11.3 Å². The highest BCUT2D eigenvalue weighted by Crippen LogP contribution is 2.38. The van der Waals surface area contributed by atoms with E-state index in [2.05, 4.69) is 15.4 Å². The summed E-state index contributed by atoms with van der Waals surface area (Å²) >= 11 is 12.9. The van der Waals surface area contributed by atoms with E-state index in [0.29, 0.717) is 16.3 Å². The fourth-order valence-electron chi connectivity index (χ4n) is 3.46. The molecule has 31 heavy (non-hydrogen) atoms. The molecule has 3 rings (SSSR count). The fourth-order valence-corrected chi connectivity index (χ4v) is 5.25. The zero-order valence-corrected chi connectivity index (χ0v) is 19.3. The summed E-state index contributed by atoms with van der Waals surface area (Å²) in [4.78, 5) is 13.9. The molecule has 0 saturated heterocycles. The molecule has 0 saturated carbocycles. The number of thiocarbonyl (C=S) groups is 1. The molecule has 10 heteroatoms. The molecule has 0 fully saturated rings. The Labute approximate surface area is 194 Å². The van der Waals surface area contributed by atoms with Gasteiger partial charge in [-0.1, -0.05) is 24.4 Å². The van der Waals surface area contributed by atoms with Crippen LogP contribution >= 0.6 is 35.2 Å². The number of carbonyl (C=O) groups is 1. The van der Waals surface area contributed by atoms with Crippen LogP contribution in [0.5, 0.6) is 5.75 Å². The number of esters is 1. The van der Waals surface area contributed by atoms with Crippen molar-refractivity contribution in [2.24, 2.45) is 0 Å². The first-order chi connectivity index (χ1) is 14.9. The van der Waals surface area contributed by atoms with Crippen LogP contribution in [0.15, 0.2) is 18.2 Å². The Morgan fingerprint density at radius 3 is 2.65 bits per heavy atom. The molecule has 0 bridgehead atoms. The van der Waals surface area contributed by atoms with Crippen molar-refractivity contribution in [3.05, 3.63) is 39.2 Å². The van der Waals surface area contributed by atoms with Crippen LogP contribution < -0.4 is 15.4 Å². The highest BCUT2D eigenvalue weighted by atomic mass is 35.5. The molecular weight excluding hydrogens is 466 g/mol.